The van der Waals surface area contributed by atoms with E-state index in [1.807, 2.05) is 0 Å². The number of hydrogen-bond acceptors (Lipinski definition) is 6. The van der Waals surface area contributed by atoms with Crippen molar-refractivity contribution in [1.82, 2.24) is 20.1 Å². The quantitative estimate of drug-likeness (QED) is 0.642. The highest BCUT2D eigenvalue weighted by atomic mass is 19.3. The van der Waals surface area contributed by atoms with E-state index < -0.39 is 35.6 Å². The fourth-order valence-electron chi connectivity index (χ4n) is 2.77. The van der Waals surface area contributed by atoms with Gasteiger partial charge in [0.1, 0.15) is 5.69 Å². The van der Waals surface area contributed by atoms with Gasteiger partial charge in [-0.3, -0.25) is 9.59 Å². The lowest BCUT2D eigenvalue weighted by Crippen LogP contribution is -2.33. The van der Waals surface area contributed by atoms with Crippen molar-refractivity contribution in [3.05, 3.63) is 77.1 Å². The Balaban J connectivity index is 1.66. The largest absolute Gasteiger partial charge is 0.386 e. The number of imide groups is 1. The summed E-state index contributed by atoms with van der Waals surface area (Å²) in [6.45, 7) is 0. The van der Waals surface area contributed by atoms with E-state index in [4.69, 9.17) is 4.84 Å². The smallest absolute Gasteiger partial charge is 0.322 e. The molecule has 0 saturated heterocycles. The van der Waals surface area contributed by atoms with Gasteiger partial charge in [-0.2, -0.15) is 0 Å². The summed E-state index contributed by atoms with van der Waals surface area (Å²) in [6.07, 6.45) is -3.11. The van der Waals surface area contributed by atoms with Gasteiger partial charge in [0.2, 0.25) is 5.69 Å². The molecule has 0 saturated carbocycles. The maximum Gasteiger partial charge on any atom is 0.386 e. The number of amides is 2. The molecule has 0 N–H and O–H groups in total. The monoisotopic (exact) mass is 384 g/mol. The van der Waals surface area contributed by atoms with E-state index in [0.29, 0.717) is 0 Å². The third kappa shape index (κ3) is 2.71. The zero-order valence-electron chi connectivity index (χ0n) is 14.0. The molecule has 0 atom stereocenters. The van der Waals surface area contributed by atoms with Crippen LogP contribution >= 0.6 is 0 Å². The molecule has 1 aliphatic heterocycles. The number of hydroxylamine groups is 2. The number of para-hydroxylation sites is 1. The first-order valence-electron chi connectivity index (χ1n) is 7.98. The van der Waals surface area contributed by atoms with Crippen molar-refractivity contribution in [3.63, 3.8) is 0 Å². The second kappa shape index (κ2) is 6.65. The minimum absolute atomic E-state index is 0.0438. The number of carbonyl (C=O) groups excluding carboxylic acids is 3. The minimum Gasteiger partial charge on any atom is -0.322 e. The fraction of sp³-hybridized carbons (Fsp3) is 0.0556. The number of nitrogens with zero attached hydrogens (tertiary/aromatic N) is 4. The number of carbonyl (C=O) groups is 3. The third-order valence-electron chi connectivity index (χ3n) is 4.04. The molecule has 8 nitrogen and oxygen atoms in total. The van der Waals surface area contributed by atoms with Gasteiger partial charge in [-0.1, -0.05) is 40.6 Å². The van der Waals surface area contributed by atoms with Crippen LogP contribution < -0.4 is 0 Å². The molecule has 28 heavy (non-hydrogen) atoms. The molecule has 4 rings (SSSR count). The van der Waals surface area contributed by atoms with E-state index >= 15 is 0 Å². The molecule has 0 fully saturated rings. The Kier molecular flexibility index (Phi) is 4.15. The lowest BCUT2D eigenvalue weighted by atomic mass is 10.1. The highest BCUT2D eigenvalue weighted by molar-refractivity contribution is 6.21. The normalized spacial score (nSPS) is 13.2. The summed E-state index contributed by atoms with van der Waals surface area (Å²) in [5.41, 5.74) is -1.27. The van der Waals surface area contributed by atoms with Crippen LogP contribution in [0, 0.1) is 0 Å². The van der Waals surface area contributed by atoms with E-state index in [0.717, 1.165) is 4.68 Å². The minimum atomic E-state index is -3.11. The van der Waals surface area contributed by atoms with Crippen molar-refractivity contribution in [2.24, 2.45) is 0 Å². The molecular weight excluding hydrogens is 374 g/mol. The molecule has 2 amide bonds. The fourth-order valence-corrected chi connectivity index (χ4v) is 2.77. The van der Waals surface area contributed by atoms with E-state index in [1.54, 1.807) is 18.2 Å². The number of alkyl halides is 2. The molecule has 0 aliphatic carbocycles. The summed E-state index contributed by atoms with van der Waals surface area (Å²) < 4.78 is 28.0. The van der Waals surface area contributed by atoms with Crippen molar-refractivity contribution < 1.29 is 28.0 Å². The lowest BCUT2D eigenvalue weighted by molar-refractivity contribution is -0.0591. The molecule has 0 radical (unpaired) electrons. The molecule has 3 aromatic rings. The van der Waals surface area contributed by atoms with Crippen LogP contribution in [0.4, 0.5) is 8.78 Å². The predicted molar refractivity (Wildman–Crippen MR) is 88.7 cm³/mol. The first-order chi connectivity index (χ1) is 13.5. The van der Waals surface area contributed by atoms with Gasteiger partial charge in [0.15, 0.2) is 0 Å². The van der Waals surface area contributed by atoms with Crippen LogP contribution in [0.3, 0.4) is 0 Å². The van der Waals surface area contributed by atoms with Crippen LogP contribution in [0.15, 0.2) is 54.6 Å². The zero-order chi connectivity index (χ0) is 19.8. The van der Waals surface area contributed by atoms with Crippen molar-refractivity contribution in [1.29, 1.82) is 0 Å². The van der Waals surface area contributed by atoms with Crippen LogP contribution in [0.25, 0.3) is 5.69 Å². The van der Waals surface area contributed by atoms with Crippen LogP contribution in [-0.4, -0.2) is 37.8 Å². The van der Waals surface area contributed by atoms with Crippen molar-refractivity contribution in [2.45, 2.75) is 6.43 Å². The third-order valence-corrected chi connectivity index (χ3v) is 4.04. The van der Waals surface area contributed by atoms with Gasteiger partial charge in [-0.25, -0.2) is 18.3 Å². The summed E-state index contributed by atoms with van der Waals surface area (Å²) >= 11 is 0. The average molecular weight is 384 g/mol. The molecule has 140 valence electrons. The second-order valence-electron chi connectivity index (χ2n) is 5.70. The molecule has 1 aromatic heterocycles. The highest BCUT2D eigenvalue weighted by Gasteiger charge is 2.40. The van der Waals surface area contributed by atoms with Gasteiger partial charge in [-0.15, -0.1) is 5.10 Å². The summed E-state index contributed by atoms with van der Waals surface area (Å²) in [5, 5.41) is 7.27. The van der Waals surface area contributed by atoms with Crippen LogP contribution in [-0.2, 0) is 4.84 Å². The van der Waals surface area contributed by atoms with Crippen LogP contribution in [0.5, 0.6) is 0 Å². The first kappa shape index (κ1) is 17.5. The standard InChI is InChI=1S/C18H10F2N4O4/c19-15(20)14-13(21-22-23(14)10-6-2-1-3-7-10)18(27)28-24-16(25)11-8-4-5-9-12(11)17(24)26/h1-9,15H. The van der Waals surface area contributed by atoms with Crippen molar-refractivity contribution >= 4 is 17.8 Å². The lowest BCUT2D eigenvalue weighted by Gasteiger charge is -2.12. The van der Waals surface area contributed by atoms with Gasteiger partial charge >= 0.3 is 5.97 Å². The number of benzene rings is 2. The zero-order valence-corrected chi connectivity index (χ0v) is 14.0. The molecule has 1 aliphatic rings. The van der Waals surface area contributed by atoms with E-state index in [2.05, 4.69) is 10.3 Å². The number of aromatic nitrogens is 3. The summed E-state index contributed by atoms with van der Waals surface area (Å²) in [6, 6.07) is 13.7. The number of halogens is 2. The molecule has 0 spiro atoms. The summed E-state index contributed by atoms with van der Waals surface area (Å²) in [4.78, 5) is 41.7. The first-order valence-corrected chi connectivity index (χ1v) is 7.98. The maximum absolute atomic E-state index is 13.6. The molecule has 2 aromatic carbocycles. The maximum atomic E-state index is 13.6. The van der Waals surface area contributed by atoms with Gasteiger partial charge in [0, 0.05) is 0 Å². The SMILES string of the molecule is O=C(ON1C(=O)c2ccccc2C1=O)c1nnn(-c2ccccc2)c1C(F)F. The molecule has 10 heteroatoms. The van der Waals surface area contributed by atoms with E-state index in [-0.39, 0.29) is 21.9 Å². The number of hydrogen-bond donors (Lipinski definition) is 0. The molecule has 2 heterocycles. The topological polar surface area (TPSA) is 94.4 Å². The van der Waals surface area contributed by atoms with Crippen molar-refractivity contribution in [2.75, 3.05) is 0 Å². The van der Waals surface area contributed by atoms with Gasteiger partial charge in [0.25, 0.3) is 18.2 Å². The van der Waals surface area contributed by atoms with Gasteiger partial charge in [-0.05, 0) is 24.3 Å². The molecule has 0 unspecified atom stereocenters. The van der Waals surface area contributed by atoms with E-state index in [1.165, 1.54) is 36.4 Å². The Hall–Kier alpha value is -3.95. The predicted octanol–water partition coefficient (Wildman–Crippen LogP) is 2.57. The highest BCUT2D eigenvalue weighted by Crippen LogP contribution is 2.27. The second-order valence-corrected chi connectivity index (χ2v) is 5.70. The van der Waals surface area contributed by atoms with E-state index in [9.17, 15) is 23.2 Å². The van der Waals surface area contributed by atoms with Gasteiger partial charge < -0.3 is 4.84 Å². The molecule has 0 bridgehead atoms. The Morgan fingerprint density at radius 1 is 0.929 bits per heavy atom. The molecular formula is C18H10F2N4O4. The van der Waals surface area contributed by atoms with Gasteiger partial charge in [0.05, 0.1) is 16.8 Å². The Morgan fingerprint density at radius 2 is 1.50 bits per heavy atom. The summed E-state index contributed by atoms with van der Waals surface area (Å²) in [5.74, 6) is -3.14. The van der Waals surface area contributed by atoms with Crippen LogP contribution in [0.1, 0.15) is 43.3 Å². The number of rotatable bonds is 4. The summed E-state index contributed by atoms with van der Waals surface area (Å²) in [7, 11) is 0. The Labute approximate surface area is 155 Å². The van der Waals surface area contributed by atoms with Crippen LogP contribution in [0.2, 0.25) is 0 Å². The number of fused-ring (bicyclic) bond motifs is 1. The average Bonchev–Trinajstić information content (AvgIpc) is 3.25. The van der Waals surface area contributed by atoms with Crippen molar-refractivity contribution in [3.8, 4) is 5.69 Å². The Bertz CT molecular complexity index is 1060. The Morgan fingerprint density at radius 3 is 2.07 bits per heavy atom.